The molecule has 0 saturated carbocycles. The van der Waals surface area contributed by atoms with Crippen molar-refractivity contribution in [1.29, 1.82) is 0 Å². The molecule has 0 aliphatic carbocycles. The van der Waals surface area contributed by atoms with Gasteiger partial charge in [-0.05, 0) is 67.9 Å². The Hall–Kier alpha value is -3.51. The molecule has 2 aromatic carbocycles. The largest absolute Gasteiger partial charge is 0.497 e. The Morgan fingerprint density at radius 3 is 2.69 bits per heavy atom. The Balaban J connectivity index is 1.49. The molecule has 0 radical (unpaired) electrons. The van der Waals surface area contributed by atoms with E-state index in [1.807, 2.05) is 36.4 Å². The summed E-state index contributed by atoms with van der Waals surface area (Å²) in [6.07, 6.45) is 6.04. The number of ether oxygens (including phenoxy) is 1. The lowest BCUT2D eigenvalue weighted by Crippen LogP contribution is -2.31. The van der Waals surface area contributed by atoms with E-state index in [0.717, 1.165) is 47.7 Å². The minimum absolute atomic E-state index is 0.239. The fraction of sp³-hybridized carbons (Fsp3) is 0.269. The summed E-state index contributed by atoms with van der Waals surface area (Å²) in [5, 5.41) is 4.68. The Morgan fingerprint density at radius 2 is 1.88 bits per heavy atom. The van der Waals surface area contributed by atoms with Crippen LogP contribution in [0, 0.1) is 0 Å². The van der Waals surface area contributed by atoms with Gasteiger partial charge in [0.2, 0.25) is 0 Å². The molecule has 6 heteroatoms. The van der Waals surface area contributed by atoms with Crippen LogP contribution in [0.5, 0.6) is 5.75 Å². The third kappa shape index (κ3) is 4.27. The van der Waals surface area contributed by atoms with Crippen molar-refractivity contribution in [2.75, 3.05) is 32.1 Å². The molecular formula is C26H27N5O. The zero-order valence-corrected chi connectivity index (χ0v) is 18.2. The summed E-state index contributed by atoms with van der Waals surface area (Å²) in [6, 6.07) is 20.7. The van der Waals surface area contributed by atoms with Crippen molar-refractivity contribution in [2.24, 2.45) is 0 Å². The van der Waals surface area contributed by atoms with Crippen LogP contribution in [0.1, 0.15) is 24.4 Å². The van der Waals surface area contributed by atoms with Crippen LogP contribution in [0.4, 0.5) is 5.82 Å². The molecule has 1 saturated heterocycles. The SMILES string of the molecule is COc1cccc([C@H](CNc2nc(-c3cccnc3)nc3ccccc23)N2CCCC2)c1. The molecule has 2 aromatic heterocycles. The van der Waals surface area contributed by atoms with Gasteiger partial charge in [-0.15, -0.1) is 0 Å². The smallest absolute Gasteiger partial charge is 0.163 e. The molecule has 162 valence electrons. The summed E-state index contributed by atoms with van der Waals surface area (Å²) in [4.78, 5) is 16.4. The average molecular weight is 426 g/mol. The van der Waals surface area contributed by atoms with Crippen LogP contribution in [-0.4, -0.2) is 46.6 Å². The molecule has 0 spiro atoms. The van der Waals surface area contributed by atoms with E-state index in [0.29, 0.717) is 5.82 Å². The first-order valence-corrected chi connectivity index (χ1v) is 11.1. The molecular weight excluding hydrogens is 398 g/mol. The maximum absolute atomic E-state index is 5.49. The summed E-state index contributed by atoms with van der Waals surface area (Å²) in [7, 11) is 1.72. The standard InChI is InChI=1S/C26H27N5O/c1-32-21-10-6-8-19(16-21)24(31-14-4-5-15-31)18-28-26-22-11-2-3-12-23(22)29-25(30-26)20-9-7-13-27-17-20/h2-3,6-13,16-17,24H,4-5,14-15,18H2,1H3,(H,28,29,30)/t24-/m0/s1. The lowest BCUT2D eigenvalue weighted by molar-refractivity contribution is 0.255. The van der Waals surface area contributed by atoms with Gasteiger partial charge in [-0.3, -0.25) is 9.88 Å². The lowest BCUT2D eigenvalue weighted by atomic mass is 10.0. The van der Waals surface area contributed by atoms with Crippen molar-refractivity contribution in [2.45, 2.75) is 18.9 Å². The van der Waals surface area contributed by atoms with Crippen molar-refractivity contribution in [3.63, 3.8) is 0 Å². The second-order valence-electron chi connectivity index (χ2n) is 8.07. The maximum atomic E-state index is 5.49. The fourth-order valence-electron chi connectivity index (χ4n) is 4.39. The van der Waals surface area contributed by atoms with Gasteiger partial charge in [0.1, 0.15) is 11.6 Å². The highest BCUT2D eigenvalue weighted by molar-refractivity contribution is 5.90. The van der Waals surface area contributed by atoms with Gasteiger partial charge in [0.25, 0.3) is 0 Å². The third-order valence-corrected chi connectivity index (χ3v) is 6.05. The summed E-state index contributed by atoms with van der Waals surface area (Å²) >= 11 is 0. The first kappa shape index (κ1) is 20.4. The molecule has 1 aliphatic heterocycles. The summed E-state index contributed by atoms with van der Waals surface area (Å²) in [5.74, 6) is 2.41. The molecule has 6 nitrogen and oxygen atoms in total. The molecule has 4 aromatic rings. The third-order valence-electron chi connectivity index (χ3n) is 6.05. The number of para-hydroxylation sites is 1. The lowest BCUT2D eigenvalue weighted by Gasteiger charge is -2.29. The van der Waals surface area contributed by atoms with Crippen molar-refractivity contribution in [3.05, 3.63) is 78.6 Å². The van der Waals surface area contributed by atoms with E-state index in [2.05, 4.69) is 39.5 Å². The van der Waals surface area contributed by atoms with Crippen molar-refractivity contribution in [3.8, 4) is 17.1 Å². The predicted octanol–water partition coefficient (Wildman–Crippen LogP) is 4.95. The molecule has 1 fully saturated rings. The van der Waals surface area contributed by atoms with Crippen molar-refractivity contribution < 1.29 is 4.74 Å². The zero-order chi connectivity index (χ0) is 21.8. The topological polar surface area (TPSA) is 63.2 Å². The van der Waals surface area contributed by atoms with Crippen LogP contribution >= 0.6 is 0 Å². The van der Waals surface area contributed by atoms with Crippen LogP contribution in [0.3, 0.4) is 0 Å². The van der Waals surface area contributed by atoms with E-state index >= 15 is 0 Å². The summed E-state index contributed by atoms with van der Waals surface area (Å²) < 4.78 is 5.49. The van der Waals surface area contributed by atoms with E-state index < -0.39 is 0 Å². The zero-order valence-electron chi connectivity index (χ0n) is 18.2. The quantitative estimate of drug-likeness (QED) is 0.452. The van der Waals surface area contributed by atoms with Crippen LogP contribution in [0.15, 0.2) is 73.1 Å². The number of nitrogens with zero attached hydrogens (tertiary/aromatic N) is 4. The molecule has 3 heterocycles. The molecule has 1 atom stereocenters. The number of nitrogens with one attached hydrogen (secondary N) is 1. The van der Waals surface area contributed by atoms with Gasteiger partial charge in [0.15, 0.2) is 5.82 Å². The Bertz CT molecular complexity index is 1190. The number of methoxy groups -OCH3 is 1. The maximum Gasteiger partial charge on any atom is 0.163 e. The van der Waals surface area contributed by atoms with Gasteiger partial charge < -0.3 is 10.1 Å². The average Bonchev–Trinajstić information content (AvgIpc) is 3.39. The van der Waals surface area contributed by atoms with Crippen LogP contribution in [-0.2, 0) is 0 Å². The number of benzene rings is 2. The monoisotopic (exact) mass is 425 g/mol. The first-order chi connectivity index (χ1) is 15.8. The van der Waals surface area contributed by atoms with E-state index in [1.54, 1.807) is 19.5 Å². The number of likely N-dealkylation sites (tertiary alicyclic amines) is 1. The molecule has 1 N–H and O–H groups in total. The van der Waals surface area contributed by atoms with E-state index in [-0.39, 0.29) is 6.04 Å². The molecule has 5 rings (SSSR count). The first-order valence-electron chi connectivity index (χ1n) is 11.1. The van der Waals surface area contributed by atoms with E-state index in [1.165, 1.54) is 18.4 Å². The minimum atomic E-state index is 0.239. The number of rotatable bonds is 7. The molecule has 1 aliphatic rings. The Kier molecular flexibility index (Phi) is 5.94. The number of fused-ring (bicyclic) bond motifs is 1. The van der Waals surface area contributed by atoms with Gasteiger partial charge in [-0.1, -0.05) is 24.3 Å². The number of hydrogen-bond donors (Lipinski definition) is 1. The van der Waals surface area contributed by atoms with Crippen LogP contribution in [0.25, 0.3) is 22.3 Å². The highest BCUT2D eigenvalue weighted by Gasteiger charge is 2.24. The molecule has 0 amide bonds. The van der Waals surface area contributed by atoms with Crippen LogP contribution in [0.2, 0.25) is 0 Å². The number of aromatic nitrogens is 3. The second-order valence-corrected chi connectivity index (χ2v) is 8.07. The number of pyridine rings is 1. The minimum Gasteiger partial charge on any atom is -0.497 e. The van der Waals surface area contributed by atoms with Gasteiger partial charge >= 0.3 is 0 Å². The van der Waals surface area contributed by atoms with Gasteiger partial charge in [0, 0.05) is 29.9 Å². The summed E-state index contributed by atoms with van der Waals surface area (Å²) in [6.45, 7) is 2.96. The molecule has 0 bridgehead atoms. The predicted molar refractivity (Wildman–Crippen MR) is 128 cm³/mol. The summed E-state index contributed by atoms with van der Waals surface area (Å²) in [5.41, 5.74) is 3.08. The number of hydrogen-bond acceptors (Lipinski definition) is 6. The van der Waals surface area contributed by atoms with Gasteiger partial charge in [-0.2, -0.15) is 0 Å². The molecule has 0 unspecified atom stereocenters. The number of anilines is 1. The van der Waals surface area contributed by atoms with Crippen molar-refractivity contribution >= 4 is 16.7 Å². The van der Waals surface area contributed by atoms with Gasteiger partial charge in [-0.25, -0.2) is 9.97 Å². The fourth-order valence-corrected chi connectivity index (χ4v) is 4.39. The Labute approximate surface area is 188 Å². The Morgan fingerprint density at radius 1 is 1.00 bits per heavy atom. The van der Waals surface area contributed by atoms with Crippen molar-refractivity contribution in [1.82, 2.24) is 19.9 Å². The molecule has 32 heavy (non-hydrogen) atoms. The van der Waals surface area contributed by atoms with E-state index in [4.69, 9.17) is 14.7 Å². The highest BCUT2D eigenvalue weighted by atomic mass is 16.5. The second kappa shape index (κ2) is 9.32. The van der Waals surface area contributed by atoms with Gasteiger partial charge in [0.05, 0.1) is 18.7 Å². The normalized spacial score (nSPS) is 15.0. The van der Waals surface area contributed by atoms with Crippen LogP contribution < -0.4 is 10.1 Å². The van der Waals surface area contributed by atoms with E-state index in [9.17, 15) is 0 Å². The highest BCUT2D eigenvalue weighted by Crippen LogP contribution is 2.30.